The first-order valence-electron chi connectivity index (χ1n) is 6.63. The Balaban J connectivity index is 1.91. The van der Waals surface area contributed by atoms with Gasteiger partial charge in [0.1, 0.15) is 12.4 Å². The molecule has 0 radical (unpaired) electrons. The van der Waals surface area contributed by atoms with E-state index in [0.717, 1.165) is 25.9 Å². The Bertz CT molecular complexity index is 434. The number of nitrogens with zero attached hydrogens (tertiary/aromatic N) is 4. The van der Waals surface area contributed by atoms with Crippen LogP contribution in [0.25, 0.3) is 0 Å². The molecule has 1 fully saturated rings. The van der Waals surface area contributed by atoms with Crippen molar-refractivity contribution in [2.45, 2.75) is 32.4 Å². The molecule has 1 aliphatic heterocycles. The zero-order chi connectivity index (χ0) is 13.8. The molecule has 0 amide bonds. The molecule has 106 valence electrons. The van der Waals surface area contributed by atoms with Crippen molar-refractivity contribution in [1.82, 2.24) is 14.7 Å². The van der Waals surface area contributed by atoms with Crippen LogP contribution in [0.1, 0.15) is 19.8 Å². The van der Waals surface area contributed by atoms with Crippen LogP contribution in [0.2, 0.25) is 0 Å². The van der Waals surface area contributed by atoms with E-state index < -0.39 is 4.92 Å². The maximum atomic E-state index is 10.6. The van der Waals surface area contributed by atoms with Crippen LogP contribution in [0.15, 0.2) is 12.4 Å². The monoisotopic (exact) mass is 268 g/mol. The Kier molecular flexibility index (Phi) is 4.49. The summed E-state index contributed by atoms with van der Waals surface area (Å²) in [5.74, 6) is 0.491. The van der Waals surface area contributed by atoms with E-state index in [1.165, 1.54) is 12.4 Å². The van der Waals surface area contributed by atoms with E-state index in [2.05, 4.69) is 16.9 Å². The quantitative estimate of drug-likeness (QED) is 0.633. The first kappa shape index (κ1) is 14.0. The number of nitro groups is 1. The van der Waals surface area contributed by atoms with Gasteiger partial charge in [-0.2, -0.15) is 5.10 Å². The molecular weight excluding hydrogens is 248 g/mol. The average Bonchev–Trinajstić information content (AvgIpc) is 2.85. The summed E-state index contributed by atoms with van der Waals surface area (Å²) in [5.41, 5.74) is 0.0192. The molecule has 2 heterocycles. The standard InChI is InChI=1S/C12H20N4O3/c1-10-3-2-4-14(12(10)9-17)5-6-15-8-11(7-13-15)16(18)19/h7-8,10,12,17H,2-6,9H2,1H3. The number of aliphatic hydroxyl groups excluding tert-OH is 1. The molecule has 7 heteroatoms. The summed E-state index contributed by atoms with van der Waals surface area (Å²) in [6.07, 6.45) is 5.00. The second-order valence-corrected chi connectivity index (χ2v) is 5.12. The number of aromatic nitrogens is 2. The van der Waals surface area contributed by atoms with Gasteiger partial charge >= 0.3 is 5.69 Å². The summed E-state index contributed by atoms with van der Waals surface area (Å²) in [6.45, 7) is 4.66. The van der Waals surface area contributed by atoms with Crippen LogP contribution in [-0.4, -0.2) is 50.4 Å². The lowest BCUT2D eigenvalue weighted by Gasteiger charge is -2.38. The molecule has 0 saturated carbocycles. The normalized spacial score (nSPS) is 24.5. The number of likely N-dealkylation sites (tertiary alicyclic amines) is 1. The number of aliphatic hydroxyl groups is 1. The minimum atomic E-state index is -0.441. The van der Waals surface area contributed by atoms with Crippen molar-refractivity contribution in [3.63, 3.8) is 0 Å². The van der Waals surface area contributed by atoms with E-state index in [-0.39, 0.29) is 18.3 Å². The maximum Gasteiger partial charge on any atom is 0.306 e. The van der Waals surface area contributed by atoms with Gasteiger partial charge in [0.2, 0.25) is 0 Å². The summed E-state index contributed by atoms with van der Waals surface area (Å²) in [4.78, 5) is 12.4. The molecule has 0 aromatic carbocycles. The highest BCUT2D eigenvalue weighted by Gasteiger charge is 2.27. The third-order valence-corrected chi connectivity index (χ3v) is 3.86. The molecule has 1 aromatic heterocycles. The lowest BCUT2D eigenvalue weighted by molar-refractivity contribution is -0.385. The van der Waals surface area contributed by atoms with Gasteiger partial charge < -0.3 is 5.11 Å². The Morgan fingerprint density at radius 3 is 3.00 bits per heavy atom. The third-order valence-electron chi connectivity index (χ3n) is 3.86. The van der Waals surface area contributed by atoms with E-state index in [1.54, 1.807) is 4.68 Å². The van der Waals surface area contributed by atoms with Crippen molar-refractivity contribution in [3.05, 3.63) is 22.5 Å². The van der Waals surface area contributed by atoms with Gasteiger partial charge in [-0.15, -0.1) is 0 Å². The van der Waals surface area contributed by atoms with Crippen LogP contribution < -0.4 is 0 Å². The lowest BCUT2D eigenvalue weighted by atomic mass is 9.91. The van der Waals surface area contributed by atoms with E-state index >= 15 is 0 Å². The van der Waals surface area contributed by atoms with Crippen molar-refractivity contribution in [1.29, 1.82) is 0 Å². The van der Waals surface area contributed by atoms with Crippen molar-refractivity contribution < 1.29 is 10.0 Å². The van der Waals surface area contributed by atoms with Gasteiger partial charge in [0.25, 0.3) is 0 Å². The number of hydrogen-bond donors (Lipinski definition) is 1. The number of rotatable bonds is 5. The average molecular weight is 268 g/mol. The number of hydrogen-bond acceptors (Lipinski definition) is 5. The minimum absolute atomic E-state index is 0.0192. The fourth-order valence-corrected chi connectivity index (χ4v) is 2.71. The smallest absolute Gasteiger partial charge is 0.306 e. The van der Waals surface area contributed by atoms with Crippen LogP contribution in [-0.2, 0) is 6.54 Å². The second kappa shape index (κ2) is 6.12. The first-order chi connectivity index (χ1) is 9.11. The molecule has 1 saturated heterocycles. The summed E-state index contributed by atoms with van der Waals surface area (Å²) in [7, 11) is 0. The van der Waals surface area contributed by atoms with Crippen LogP contribution in [0.5, 0.6) is 0 Å². The fourth-order valence-electron chi connectivity index (χ4n) is 2.71. The highest BCUT2D eigenvalue weighted by molar-refractivity contribution is 5.20. The molecule has 19 heavy (non-hydrogen) atoms. The Morgan fingerprint density at radius 1 is 1.58 bits per heavy atom. The van der Waals surface area contributed by atoms with Crippen LogP contribution in [0.4, 0.5) is 5.69 Å². The maximum absolute atomic E-state index is 10.6. The van der Waals surface area contributed by atoms with E-state index in [0.29, 0.717) is 12.5 Å². The second-order valence-electron chi connectivity index (χ2n) is 5.12. The Labute approximate surface area is 112 Å². The molecule has 0 spiro atoms. The van der Waals surface area contributed by atoms with E-state index in [4.69, 9.17) is 0 Å². The molecular formula is C12H20N4O3. The van der Waals surface area contributed by atoms with Gasteiger partial charge in [0.15, 0.2) is 0 Å². The van der Waals surface area contributed by atoms with Gasteiger partial charge in [-0.3, -0.25) is 19.7 Å². The molecule has 2 rings (SSSR count). The SMILES string of the molecule is CC1CCCN(CCn2cc([N+](=O)[O-])cn2)C1CO. The van der Waals surface area contributed by atoms with Crippen LogP contribution in [0, 0.1) is 16.0 Å². The molecule has 1 N–H and O–H groups in total. The van der Waals surface area contributed by atoms with Crippen molar-refractivity contribution in [2.24, 2.45) is 5.92 Å². The van der Waals surface area contributed by atoms with Gasteiger partial charge in [0, 0.05) is 12.6 Å². The van der Waals surface area contributed by atoms with E-state index in [9.17, 15) is 15.2 Å². The van der Waals surface area contributed by atoms with Crippen LogP contribution >= 0.6 is 0 Å². The van der Waals surface area contributed by atoms with Gasteiger partial charge in [-0.25, -0.2) is 0 Å². The van der Waals surface area contributed by atoms with Gasteiger partial charge in [-0.1, -0.05) is 6.92 Å². The zero-order valence-electron chi connectivity index (χ0n) is 11.1. The van der Waals surface area contributed by atoms with Gasteiger partial charge in [0.05, 0.1) is 18.1 Å². The predicted octanol–water partition coefficient (Wildman–Crippen LogP) is 0.884. The summed E-state index contributed by atoms with van der Waals surface area (Å²) < 4.78 is 1.59. The zero-order valence-corrected chi connectivity index (χ0v) is 11.1. The predicted molar refractivity (Wildman–Crippen MR) is 69.7 cm³/mol. The van der Waals surface area contributed by atoms with E-state index in [1.807, 2.05) is 0 Å². The Morgan fingerprint density at radius 2 is 2.37 bits per heavy atom. The molecule has 1 aliphatic rings. The third kappa shape index (κ3) is 3.30. The lowest BCUT2D eigenvalue weighted by Crippen LogP contribution is -2.47. The molecule has 2 atom stereocenters. The van der Waals surface area contributed by atoms with Crippen molar-refractivity contribution >= 4 is 5.69 Å². The fraction of sp³-hybridized carbons (Fsp3) is 0.750. The first-order valence-corrected chi connectivity index (χ1v) is 6.63. The minimum Gasteiger partial charge on any atom is -0.395 e. The summed E-state index contributed by atoms with van der Waals surface area (Å²) in [5, 5.41) is 24.0. The van der Waals surface area contributed by atoms with Crippen molar-refractivity contribution in [2.75, 3.05) is 19.7 Å². The highest BCUT2D eigenvalue weighted by Crippen LogP contribution is 2.22. The summed E-state index contributed by atoms with van der Waals surface area (Å²) >= 11 is 0. The topological polar surface area (TPSA) is 84.4 Å². The van der Waals surface area contributed by atoms with Crippen LogP contribution in [0.3, 0.4) is 0 Å². The van der Waals surface area contributed by atoms with Gasteiger partial charge in [-0.05, 0) is 25.3 Å². The number of piperidine rings is 1. The summed E-state index contributed by atoms with van der Waals surface area (Å²) in [6, 6.07) is 0.194. The molecule has 0 bridgehead atoms. The highest BCUT2D eigenvalue weighted by atomic mass is 16.6. The molecule has 7 nitrogen and oxygen atoms in total. The Hall–Kier alpha value is -1.47. The molecule has 2 unspecified atom stereocenters. The molecule has 0 aliphatic carbocycles. The molecule has 1 aromatic rings. The largest absolute Gasteiger partial charge is 0.395 e. The van der Waals surface area contributed by atoms with Crippen molar-refractivity contribution in [3.8, 4) is 0 Å².